The lowest BCUT2D eigenvalue weighted by Gasteiger charge is -2.16. The molecule has 3 rings (SSSR count). The summed E-state index contributed by atoms with van der Waals surface area (Å²) < 4.78 is 6.52. The summed E-state index contributed by atoms with van der Waals surface area (Å²) in [5.41, 5.74) is 1.05. The number of carbonyl (C=O) groups is 1. The van der Waals surface area contributed by atoms with E-state index in [1.807, 2.05) is 37.4 Å². The summed E-state index contributed by atoms with van der Waals surface area (Å²) in [6.45, 7) is 3.14. The number of H-pyrrole nitrogens is 1. The Hall–Kier alpha value is -3.06. The monoisotopic (exact) mass is 382 g/mol. The first-order chi connectivity index (χ1) is 12.9. The van der Waals surface area contributed by atoms with Crippen molar-refractivity contribution in [3.05, 3.63) is 74.9 Å². The molecule has 0 aliphatic heterocycles. The van der Waals surface area contributed by atoms with Gasteiger partial charge in [-0.1, -0.05) is 29.8 Å². The van der Waals surface area contributed by atoms with Crippen molar-refractivity contribution >= 4 is 17.7 Å². The lowest BCUT2D eigenvalue weighted by Crippen LogP contribution is -2.32. The Balaban J connectivity index is 2.36. The summed E-state index contributed by atoms with van der Waals surface area (Å²) >= 11 is 1.58. The number of nitrogens with zero attached hydrogens (tertiary/aromatic N) is 1. The molecule has 0 radical (unpaired) electrons. The third-order valence-electron chi connectivity index (χ3n) is 3.97. The zero-order valence-corrected chi connectivity index (χ0v) is 15.9. The van der Waals surface area contributed by atoms with Crippen LogP contribution in [0.3, 0.4) is 0 Å². The van der Waals surface area contributed by atoms with Crippen molar-refractivity contribution in [2.24, 2.45) is 0 Å². The summed E-state index contributed by atoms with van der Waals surface area (Å²) in [5, 5.41) is 0. The van der Waals surface area contributed by atoms with Crippen molar-refractivity contribution in [1.82, 2.24) is 9.55 Å². The van der Waals surface area contributed by atoms with Crippen LogP contribution in [0.1, 0.15) is 12.5 Å². The molecule has 0 bridgehead atoms. The molecule has 1 aromatic heterocycles. The summed E-state index contributed by atoms with van der Waals surface area (Å²) in [6, 6.07) is 14.6. The molecule has 0 saturated heterocycles. The topological polar surface area (TPSA) is 81.2 Å². The van der Waals surface area contributed by atoms with Crippen LogP contribution in [-0.4, -0.2) is 21.8 Å². The van der Waals surface area contributed by atoms with Crippen molar-refractivity contribution in [2.45, 2.75) is 18.7 Å². The lowest BCUT2D eigenvalue weighted by molar-refractivity contribution is -0.131. The molecule has 2 aromatic carbocycles. The van der Waals surface area contributed by atoms with E-state index < -0.39 is 17.2 Å². The van der Waals surface area contributed by atoms with Gasteiger partial charge in [-0.2, -0.15) is 0 Å². The summed E-state index contributed by atoms with van der Waals surface area (Å²) in [7, 11) is 0. The molecule has 0 unspecified atom stereocenters. The summed E-state index contributed by atoms with van der Waals surface area (Å²) in [5.74, 6) is -0.850. The lowest BCUT2D eigenvalue weighted by atomic mass is 10.1. The molecular weight excluding hydrogens is 364 g/mol. The maximum Gasteiger partial charge on any atom is 0.333 e. The molecule has 0 atom stereocenters. The quantitative estimate of drug-likeness (QED) is 0.554. The fourth-order valence-corrected chi connectivity index (χ4v) is 3.12. The Bertz CT molecular complexity index is 1100. The van der Waals surface area contributed by atoms with Crippen LogP contribution in [0.25, 0.3) is 16.9 Å². The largest absolute Gasteiger partial charge is 0.418 e. The van der Waals surface area contributed by atoms with Crippen molar-refractivity contribution in [2.75, 3.05) is 6.26 Å². The minimum atomic E-state index is -0.747. The fourth-order valence-electron chi connectivity index (χ4n) is 2.71. The van der Waals surface area contributed by atoms with Gasteiger partial charge in [-0.05, 0) is 37.4 Å². The Kier molecular flexibility index (Phi) is 5.32. The number of carbonyl (C=O) groups excluding carboxylic acids is 1. The van der Waals surface area contributed by atoms with Crippen molar-refractivity contribution in [1.29, 1.82) is 0 Å². The van der Waals surface area contributed by atoms with Crippen molar-refractivity contribution in [3.8, 4) is 22.7 Å². The smallest absolute Gasteiger partial charge is 0.333 e. The molecule has 0 spiro atoms. The number of rotatable bonds is 4. The maximum atomic E-state index is 12.7. The number of aromatic amines is 1. The van der Waals surface area contributed by atoms with Crippen LogP contribution in [0.4, 0.5) is 0 Å². The van der Waals surface area contributed by atoms with Crippen LogP contribution in [0, 0.1) is 6.92 Å². The molecule has 7 heteroatoms. The predicted octanol–water partition coefficient (Wildman–Crippen LogP) is 3.15. The van der Waals surface area contributed by atoms with Gasteiger partial charge in [0.1, 0.15) is 5.69 Å². The number of aryl methyl sites for hydroxylation is 1. The van der Waals surface area contributed by atoms with Gasteiger partial charge in [-0.15, -0.1) is 11.8 Å². The van der Waals surface area contributed by atoms with Crippen LogP contribution in [-0.2, 0) is 4.79 Å². The highest BCUT2D eigenvalue weighted by Crippen LogP contribution is 2.29. The van der Waals surface area contributed by atoms with Crippen molar-refractivity contribution < 1.29 is 9.53 Å². The number of esters is 1. The molecule has 0 amide bonds. The second kappa shape index (κ2) is 7.67. The van der Waals surface area contributed by atoms with Gasteiger partial charge < -0.3 is 4.74 Å². The molecule has 0 aliphatic rings. The average molecular weight is 382 g/mol. The highest BCUT2D eigenvalue weighted by Gasteiger charge is 2.20. The van der Waals surface area contributed by atoms with E-state index in [0.717, 1.165) is 10.5 Å². The molecule has 0 aliphatic carbocycles. The van der Waals surface area contributed by atoms with Gasteiger partial charge in [0.05, 0.1) is 5.69 Å². The SMILES string of the molecule is CSc1ccc(-n2c(-c3ccc(C)cc3)c(OC(C)=O)c(=O)[nH]c2=O)cc1. The first-order valence-electron chi connectivity index (χ1n) is 8.20. The molecule has 1 N–H and O–H groups in total. The normalized spacial score (nSPS) is 10.6. The van der Waals surface area contributed by atoms with Gasteiger partial charge in [-0.25, -0.2) is 4.79 Å². The van der Waals surface area contributed by atoms with Gasteiger partial charge in [0.25, 0.3) is 5.56 Å². The van der Waals surface area contributed by atoms with E-state index in [1.165, 1.54) is 11.5 Å². The molecular formula is C20H18N2O4S. The van der Waals surface area contributed by atoms with Gasteiger partial charge in [0, 0.05) is 17.4 Å². The number of ether oxygens (including phenoxy) is 1. The highest BCUT2D eigenvalue weighted by molar-refractivity contribution is 7.98. The molecule has 0 fully saturated rings. The van der Waals surface area contributed by atoms with Gasteiger partial charge in [0.2, 0.25) is 5.75 Å². The van der Waals surface area contributed by atoms with E-state index in [9.17, 15) is 14.4 Å². The second-order valence-corrected chi connectivity index (χ2v) is 6.81. The zero-order valence-electron chi connectivity index (χ0n) is 15.1. The fraction of sp³-hybridized carbons (Fsp3) is 0.150. The Labute approximate surface area is 159 Å². The number of benzene rings is 2. The van der Waals surface area contributed by atoms with E-state index in [2.05, 4.69) is 4.98 Å². The summed E-state index contributed by atoms with van der Waals surface area (Å²) in [6.07, 6.45) is 1.96. The van der Waals surface area contributed by atoms with E-state index >= 15 is 0 Å². The van der Waals surface area contributed by atoms with Crippen LogP contribution >= 0.6 is 11.8 Å². The standard InChI is InChI=1S/C20H18N2O4S/c1-12-4-6-14(7-5-12)17-18(26-13(2)23)19(24)21-20(25)22(17)15-8-10-16(27-3)11-9-15/h4-11H,1-3H3,(H,21,24,25). The van der Waals surface area contributed by atoms with E-state index in [1.54, 1.807) is 36.0 Å². The van der Waals surface area contributed by atoms with E-state index in [4.69, 9.17) is 4.74 Å². The molecule has 6 nitrogen and oxygen atoms in total. The number of hydrogen-bond donors (Lipinski definition) is 1. The molecule has 3 aromatic rings. The average Bonchev–Trinajstić information content (AvgIpc) is 2.64. The van der Waals surface area contributed by atoms with E-state index in [-0.39, 0.29) is 11.4 Å². The summed E-state index contributed by atoms with van der Waals surface area (Å²) in [4.78, 5) is 39.8. The first-order valence-corrected chi connectivity index (χ1v) is 9.42. The minimum absolute atomic E-state index is 0.208. The molecule has 27 heavy (non-hydrogen) atoms. The van der Waals surface area contributed by atoms with Gasteiger partial charge >= 0.3 is 11.7 Å². The third kappa shape index (κ3) is 3.88. The van der Waals surface area contributed by atoms with Gasteiger partial charge in [0.15, 0.2) is 0 Å². The predicted molar refractivity (Wildman–Crippen MR) is 106 cm³/mol. The molecule has 0 saturated carbocycles. The van der Waals surface area contributed by atoms with Crippen LogP contribution in [0.15, 0.2) is 63.0 Å². The molecule has 138 valence electrons. The maximum absolute atomic E-state index is 12.7. The Morgan fingerprint density at radius 1 is 1.04 bits per heavy atom. The Morgan fingerprint density at radius 3 is 2.22 bits per heavy atom. The first kappa shape index (κ1) is 18.7. The van der Waals surface area contributed by atoms with Crippen molar-refractivity contribution in [3.63, 3.8) is 0 Å². The van der Waals surface area contributed by atoms with Crippen LogP contribution < -0.4 is 16.0 Å². The number of hydrogen-bond acceptors (Lipinski definition) is 5. The van der Waals surface area contributed by atoms with Gasteiger partial charge in [-0.3, -0.25) is 19.1 Å². The van der Waals surface area contributed by atoms with Crippen LogP contribution in [0.5, 0.6) is 5.75 Å². The zero-order chi connectivity index (χ0) is 19.6. The van der Waals surface area contributed by atoms with E-state index in [0.29, 0.717) is 11.3 Å². The number of aromatic nitrogens is 2. The number of thioether (sulfide) groups is 1. The molecule has 1 heterocycles. The highest BCUT2D eigenvalue weighted by atomic mass is 32.2. The Morgan fingerprint density at radius 2 is 1.67 bits per heavy atom. The third-order valence-corrected chi connectivity index (χ3v) is 4.71. The minimum Gasteiger partial charge on any atom is -0.418 e. The van der Waals surface area contributed by atoms with Crippen LogP contribution in [0.2, 0.25) is 0 Å². The number of nitrogens with one attached hydrogen (secondary N) is 1. The second-order valence-electron chi connectivity index (χ2n) is 5.93.